The summed E-state index contributed by atoms with van der Waals surface area (Å²) in [5, 5.41) is 5.71. The van der Waals surface area contributed by atoms with Crippen molar-refractivity contribution < 1.29 is 9.53 Å². The fourth-order valence-electron chi connectivity index (χ4n) is 4.52. The highest BCUT2D eigenvalue weighted by Gasteiger charge is 2.19. The van der Waals surface area contributed by atoms with Gasteiger partial charge in [-0.15, -0.1) is 0 Å². The molecular formula is C32H40N4O2. The Labute approximate surface area is 226 Å². The molecule has 0 unspecified atom stereocenters. The summed E-state index contributed by atoms with van der Waals surface area (Å²) in [4.78, 5) is 23.5. The second-order valence-electron chi connectivity index (χ2n) is 11.0. The van der Waals surface area contributed by atoms with Gasteiger partial charge >= 0.3 is 0 Å². The Bertz CT molecular complexity index is 1370. The molecule has 0 saturated carbocycles. The lowest BCUT2D eigenvalue weighted by Crippen LogP contribution is -2.27. The quantitative estimate of drug-likeness (QED) is 0.246. The summed E-state index contributed by atoms with van der Waals surface area (Å²) in [6.07, 6.45) is 4.41. The molecule has 2 heterocycles. The van der Waals surface area contributed by atoms with Crippen LogP contribution in [0.15, 0.2) is 59.7 Å². The van der Waals surface area contributed by atoms with Gasteiger partial charge in [-0.1, -0.05) is 39.0 Å². The predicted molar refractivity (Wildman–Crippen MR) is 159 cm³/mol. The zero-order valence-electron chi connectivity index (χ0n) is 23.6. The molecule has 0 spiro atoms. The molecule has 6 heteroatoms. The Morgan fingerprint density at radius 3 is 2.53 bits per heavy atom. The second-order valence-corrected chi connectivity index (χ2v) is 11.0. The molecule has 200 valence electrons. The Balaban J connectivity index is 1.63. The van der Waals surface area contributed by atoms with Gasteiger partial charge in [-0.3, -0.25) is 9.79 Å². The van der Waals surface area contributed by atoms with Crippen molar-refractivity contribution in [2.24, 2.45) is 10.4 Å². The number of nitrogens with zero attached hydrogens (tertiary/aromatic N) is 3. The Kier molecular flexibility index (Phi) is 8.50. The van der Waals surface area contributed by atoms with Gasteiger partial charge in [-0.2, -0.15) is 0 Å². The number of rotatable bonds is 9. The molecule has 3 aromatic rings. The van der Waals surface area contributed by atoms with Crippen LogP contribution in [-0.4, -0.2) is 48.2 Å². The molecule has 38 heavy (non-hydrogen) atoms. The predicted octanol–water partition coefficient (Wildman–Crippen LogP) is 7.06. The number of allylic oxidation sites excluding steroid dienone is 1. The van der Waals surface area contributed by atoms with Crippen LogP contribution in [0, 0.1) is 5.41 Å². The van der Waals surface area contributed by atoms with Crippen LogP contribution in [0.5, 0.6) is 5.75 Å². The van der Waals surface area contributed by atoms with Gasteiger partial charge in [0.15, 0.2) is 0 Å². The number of likely N-dealkylation sites (tertiary alicyclic amines) is 1. The van der Waals surface area contributed by atoms with Crippen molar-refractivity contribution in [1.82, 2.24) is 9.88 Å². The van der Waals surface area contributed by atoms with E-state index in [1.165, 1.54) is 0 Å². The van der Waals surface area contributed by atoms with Gasteiger partial charge in [0.1, 0.15) is 11.6 Å². The number of benzene rings is 2. The Hall–Kier alpha value is -3.67. The number of amides is 1. The number of fused-ring (bicyclic) bond motifs is 1. The molecule has 1 aliphatic heterocycles. The van der Waals surface area contributed by atoms with Crippen molar-refractivity contribution >= 4 is 39.5 Å². The number of methoxy groups -OCH3 is 1. The van der Waals surface area contributed by atoms with E-state index in [1.807, 2.05) is 23.2 Å². The van der Waals surface area contributed by atoms with E-state index in [4.69, 9.17) is 9.73 Å². The molecule has 0 atom stereocenters. The summed E-state index contributed by atoms with van der Waals surface area (Å²) < 4.78 is 5.40. The first-order valence-electron chi connectivity index (χ1n) is 13.5. The molecule has 0 radical (unpaired) electrons. The summed E-state index contributed by atoms with van der Waals surface area (Å²) in [5.74, 6) is 1.95. The van der Waals surface area contributed by atoms with Crippen LogP contribution in [0.4, 0.5) is 5.82 Å². The summed E-state index contributed by atoms with van der Waals surface area (Å²) >= 11 is 0. The first-order chi connectivity index (χ1) is 18.2. The molecule has 0 bridgehead atoms. The zero-order chi connectivity index (χ0) is 27.3. The highest BCUT2D eigenvalue weighted by atomic mass is 16.5. The van der Waals surface area contributed by atoms with E-state index >= 15 is 0 Å². The smallest absolute Gasteiger partial charge is 0.222 e. The second kappa shape index (κ2) is 11.8. The van der Waals surface area contributed by atoms with Gasteiger partial charge in [-0.25, -0.2) is 4.98 Å². The van der Waals surface area contributed by atoms with E-state index in [9.17, 15) is 4.79 Å². The maximum Gasteiger partial charge on any atom is 0.222 e. The number of aromatic nitrogens is 1. The maximum absolute atomic E-state index is 11.9. The molecule has 0 aliphatic carbocycles. The average molecular weight is 513 g/mol. The number of pyridine rings is 1. The van der Waals surface area contributed by atoms with Crippen molar-refractivity contribution in [1.29, 1.82) is 0 Å². The molecule has 4 rings (SSSR count). The Morgan fingerprint density at radius 2 is 1.82 bits per heavy atom. The van der Waals surface area contributed by atoms with Gasteiger partial charge < -0.3 is 15.0 Å². The number of carbonyl (C=O) groups is 1. The number of hydrogen-bond acceptors (Lipinski definition) is 5. The van der Waals surface area contributed by atoms with Crippen molar-refractivity contribution in [3.05, 3.63) is 65.9 Å². The topological polar surface area (TPSA) is 66.8 Å². The van der Waals surface area contributed by atoms with E-state index in [2.05, 4.69) is 81.3 Å². The SMILES string of the molecule is COc1ccc2cc(/C(N=C(C)C(C)(C)C)=C(/C)c3ccnc(NCCCN4CCCC4=O)c3)ccc2c1. The molecule has 1 fully saturated rings. The molecule has 1 aromatic heterocycles. The third kappa shape index (κ3) is 6.60. The number of aliphatic imine (C=N–C) groups is 1. The fraction of sp³-hybridized carbons (Fsp3) is 0.406. The normalized spacial score (nSPS) is 15.2. The third-order valence-corrected chi connectivity index (χ3v) is 7.32. The van der Waals surface area contributed by atoms with Crippen molar-refractivity contribution in [3.8, 4) is 5.75 Å². The van der Waals surface area contributed by atoms with Crippen LogP contribution < -0.4 is 10.1 Å². The highest BCUT2D eigenvalue weighted by molar-refractivity contribution is 6.00. The minimum Gasteiger partial charge on any atom is -0.497 e. The van der Waals surface area contributed by atoms with Crippen LogP contribution in [0.1, 0.15) is 65.0 Å². The lowest BCUT2D eigenvalue weighted by molar-refractivity contribution is -0.127. The summed E-state index contributed by atoms with van der Waals surface area (Å²) in [6, 6.07) is 16.7. The highest BCUT2D eigenvalue weighted by Crippen LogP contribution is 2.32. The van der Waals surface area contributed by atoms with Gasteiger partial charge in [0, 0.05) is 43.5 Å². The number of ether oxygens (including phenoxy) is 1. The third-order valence-electron chi connectivity index (χ3n) is 7.32. The number of carbonyl (C=O) groups excluding carboxylic acids is 1. The molecule has 1 aliphatic rings. The van der Waals surface area contributed by atoms with Crippen LogP contribution >= 0.6 is 0 Å². The van der Waals surface area contributed by atoms with Gasteiger partial charge in [0.2, 0.25) is 5.91 Å². The van der Waals surface area contributed by atoms with Crippen LogP contribution in [0.25, 0.3) is 22.0 Å². The first-order valence-corrected chi connectivity index (χ1v) is 13.5. The minimum absolute atomic E-state index is 0.0442. The van der Waals surface area contributed by atoms with Crippen molar-refractivity contribution in [2.45, 2.75) is 53.9 Å². The van der Waals surface area contributed by atoms with E-state index in [-0.39, 0.29) is 11.3 Å². The van der Waals surface area contributed by atoms with E-state index in [1.54, 1.807) is 7.11 Å². The Morgan fingerprint density at radius 1 is 1.05 bits per heavy atom. The van der Waals surface area contributed by atoms with Gasteiger partial charge in [0.05, 0.1) is 12.8 Å². The molecule has 1 amide bonds. The van der Waals surface area contributed by atoms with Gasteiger partial charge in [-0.05, 0) is 84.3 Å². The minimum atomic E-state index is -0.0442. The largest absolute Gasteiger partial charge is 0.497 e. The number of nitrogens with one attached hydrogen (secondary N) is 1. The van der Waals surface area contributed by atoms with Crippen molar-refractivity contribution in [2.75, 3.05) is 32.1 Å². The molecule has 1 N–H and O–H groups in total. The average Bonchev–Trinajstić information content (AvgIpc) is 3.32. The van der Waals surface area contributed by atoms with Gasteiger partial charge in [0.25, 0.3) is 0 Å². The molecule has 1 saturated heterocycles. The monoisotopic (exact) mass is 512 g/mol. The maximum atomic E-state index is 11.9. The zero-order valence-corrected chi connectivity index (χ0v) is 23.6. The van der Waals surface area contributed by atoms with Crippen LogP contribution in [-0.2, 0) is 4.79 Å². The molecule has 6 nitrogen and oxygen atoms in total. The molecular weight excluding hydrogens is 472 g/mol. The fourth-order valence-corrected chi connectivity index (χ4v) is 4.52. The van der Waals surface area contributed by atoms with Crippen LogP contribution in [0.3, 0.4) is 0 Å². The number of anilines is 1. The molecule has 2 aromatic carbocycles. The standard InChI is InChI=1S/C32H40N4O2/c1-22(24-14-16-34-29(21-24)33-15-8-18-36-17-7-9-30(36)37)31(35-23(2)32(3,4)5)27-11-10-26-20-28(38-6)13-12-25(26)19-27/h10-14,16,19-21H,7-9,15,17-18H2,1-6H3,(H,33,34)/b31-22+,35-23?. The summed E-state index contributed by atoms with van der Waals surface area (Å²) in [7, 11) is 1.69. The van der Waals surface area contributed by atoms with E-state index in [0.29, 0.717) is 6.42 Å². The van der Waals surface area contributed by atoms with E-state index in [0.717, 1.165) is 82.9 Å². The van der Waals surface area contributed by atoms with E-state index < -0.39 is 0 Å². The number of hydrogen-bond donors (Lipinski definition) is 1. The van der Waals surface area contributed by atoms with Crippen LogP contribution in [0.2, 0.25) is 0 Å². The first kappa shape index (κ1) is 27.4. The summed E-state index contributed by atoms with van der Waals surface area (Å²) in [6.45, 7) is 13.3. The lowest BCUT2D eigenvalue weighted by Gasteiger charge is -2.20. The summed E-state index contributed by atoms with van der Waals surface area (Å²) in [5.41, 5.74) is 5.23. The lowest BCUT2D eigenvalue weighted by atomic mass is 9.90. The van der Waals surface area contributed by atoms with Crippen molar-refractivity contribution in [3.63, 3.8) is 0 Å².